The smallest absolute Gasteiger partial charge is 0.309 e. The van der Waals surface area contributed by atoms with Gasteiger partial charge in [0, 0.05) is 17.3 Å². The first-order chi connectivity index (χ1) is 8.79. The second-order valence-electron chi connectivity index (χ2n) is 5.25. The summed E-state index contributed by atoms with van der Waals surface area (Å²) in [6.45, 7) is 2.33. The van der Waals surface area contributed by atoms with E-state index in [-0.39, 0.29) is 11.9 Å². The number of aryl methyl sites for hydroxylation is 2. The van der Waals surface area contributed by atoms with Crippen molar-refractivity contribution < 1.29 is 9.53 Å². The Labute approximate surface area is 108 Å². The summed E-state index contributed by atoms with van der Waals surface area (Å²) in [7, 11) is 0. The molecule has 2 aliphatic carbocycles. The number of pyridine rings is 1. The summed E-state index contributed by atoms with van der Waals surface area (Å²) < 4.78 is 5.06. The number of esters is 1. The van der Waals surface area contributed by atoms with Crippen molar-refractivity contribution in [2.75, 3.05) is 6.61 Å². The van der Waals surface area contributed by atoms with E-state index < -0.39 is 0 Å². The summed E-state index contributed by atoms with van der Waals surface area (Å²) in [5, 5.41) is 0. The van der Waals surface area contributed by atoms with Crippen molar-refractivity contribution in [3.8, 4) is 0 Å². The Hall–Kier alpha value is -1.38. The first-order valence-electron chi connectivity index (χ1n) is 6.95. The second kappa shape index (κ2) is 4.71. The van der Waals surface area contributed by atoms with Gasteiger partial charge in [0.25, 0.3) is 0 Å². The molecular formula is C15H19NO2. The van der Waals surface area contributed by atoms with Crippen LogP contribution in [0.1, 0.15) is 49.1 Å². The van der Waals surface area contributed by atoms with Gasteiger partial charge >= 0.3 is 5.97 Å². The number of hydrogen-bond acceptors (Lipinski definition) is 3. The van der Waals surface area contributed by atoms with Gasteiger partial charge in [-0.2, -0.15) is 0 Å². The highest BCUT2D eigenvalue weighted by Crippen LogP contribution is 2.47. The maximum Gasteiger partial charge on any atom is 0.309 e. The average Bonchev–Trinajstić information content (AvgIpc) is 3.19. The van der Waals surface area contributed by atoms with E-state index in [9.17, 15) is 4.79 Å². The SMILES string of the molecule is CCOC(=O)[C@H]1C[C@@H]1c1ccc2c(n1)CCCC2. The minimum Gasteiger partial charge on any atom is -0.466 e. The predicted molar refractivity (Wildman–Crippen MR) is 68.4 cm³/mol. The molecule has 3 rings (SSSR count). The molecule has 2 atom stereocenters. The monoisotopic (exact) mass is 245 g/mol. The minimum absolute atomic E-state index is 0.0537. The number of nitrogens with zero attached hydrogens (tertiary/aromatic N) is 1. The zero-order chi connectivity index (χ0) is 12.5. The van der Waals surface area contributed by atoms with Crippen LogP contribution in [0.25, 0.3) is 0 Å². The van der Waals surface area contributed by atoms with E-state index in [2.05, 4.69) is 12.1 Å². The molecule has 0 bridgehead atoms. The predicted octanol–water partition coefficient (Wildman–Crippen LogP) is 2.63. The highest BCUT2D eigenvalue weighted by Gasteiger charge is 2.46. The Kier molecular flexibility index (Phi) is 3.06. The molecule has 3 nitrogen and oxygen atoms in total. The molecule has 0 unspecified atom stereocenters. The fourth-order valence-corrected chi connectivity index (χ4v) is 2.84. The molecule has 1 fully saturated rings. The zero-order valence-electron chi connectivity index (χ0n) is 10.8. The summed E-state index contributed by atoms with van der Waals surface area (Å²) in [5.41, 5.74) is 3.75. The first-order valence-corrected chi connectivity index (χ1v) is 6.95. The van der Waals surface area contributed by atoms with Crippen LogP contribution in [0.3, 0.4) is 0 Å². The van der Waals surface area contributed by atoms with Crippen LogP contribution in [0.2, 0.25) is 0 Å². The van der Waals surface area contributed by atoms with Crippen molar-refractivity contribution in [3.63, 3.8) is 0 Å². The van der Waals surface area contributed by atoms with E-state index in [1.165, 1.54) is 24.1 Å². The van der Waals surface area contributed by atoms with Crippen molar-refractivity contribution in [2.24, 2.45) is 5.92 Å². The lowest BCUT2D eigenvalue weighted by molar-refractivity contribution is -0.144. The third kappa shape index (κ3) is 2.14. The maximum atomic E-state index is 11.6. The molecule has 1 heterocycles. The van der Waals surface area contributed by atoms with Crippen molar-refractivity contribution in [1.29, 1.82) is 0 Å². The van der Waals surface area contributed by atoms with Crippen molar-refractivity contribution >= 4 is 5.97 Å². The summed E-state index contributed by atoms with van der Waals surface area (Å²) >= 11 is 0. The molecule has 3 heteroatoms. The Morgan fingerprint density at radius 3 is 3.06 bits per heavy atom. The molecule has 0 N–H and O–H groups in total. The average molecular weight is 245 g/mol. The van der Waals surface area contributed by atoms with Crippen LogP contribution >= 0.6 is 0 Å². The van der Waals surface area contributed by atoms with E-state index in [0.29, 0.717) is 12.5 Å². The molecule has 0 spiro atoms. The first kappa shape index (κ1) is 11.7. The molecule has 0 radical (unpaired) electrons. The number of hydrogen-bond donors (Lipinski definition) is 0. The third-order valence-corrected chi connectivity index (χ3v) is 3.96. The molecular weight excluding hydrogens is 226 g/mol. The lowest BCUT2D eigenvalue weighted by Gasteiger charge is -2.15. The highest BCUT2D eigenvalue weighted by atomic mass is 16.5. The molecule has 1 aromatic heterocycles. The van der Waals surface area contributed by atoms with Gasteiger partial charge in [0.15, 0.2) is 0 Å². The van der Waals surface area contributed by atoms with Crippen LogP contribution in [0, 0.1) is 5.92 Å². The van der Waals surface area contributed by atoms with Gasteiger partial charge in [-0.25, -0.2) is 0 Å². The third-order valence-electron chi connectivity index (χ3n) is 3.96. The Morgan fingerprint density at radius 1 is 1.39 bits per heavy atom. The van der Waals surface area contributed by atoms with Crippen LogP contribution in [0.4, 0.5) is 0 Å². The minimum atomic E-state index is -0.0537. The molecule has 0 saturated heterocycles. The van der Waals surface area contributed by atoms with Gasteiger partial charge in [-0.05, 0) is 50.7 Å². The van der Waals surface area contributed by atoms with Crippen LogP contribution in [-0.4, -0.2) is 17.6 Å². The molecule has 96 valence electrons. The molecule has 2 aliphatic rings. The molecule has 0 aromatic carbocycles. The summed E-state index contributed by atoms with van der Waals surface area (Å²) in [6.07, 6.45) is 5.69. The molecule has 18 heavy (non-hydrogen) atoms. The van der Waals surface area contributed by atoms with Gasteiger partial charge in [0.1, 0.15) is 0 Å². The largest absolute Gasteiger partial charge is 0.466 e. The number of rotatable bonds is 3. The standard InChI is InChI=1S/C15H19NO2/c1-2-18-15(17)12-9-11(12)14-8-7-10-5-3-4-6-13(10)16-14/h7-8,11-12H,2-6,9H2,1H3/t11-,12-/m0/s1. The normalized spacial score (nSPS) is 25.4. The summed E-state index contributed by atoms with van der Waals surface area (Å²) in [5.74, 6) is 0.303. The van der Waals surface area contributed by atoms with Crippen molar-refractivity contribution in [1.82, 2.24) is 4.98 Å². The summed E-state index contributed by atoms with van der Waals surface area (Å²) in [4.78, 5) is 16.4. The second-order valence-corrected chi connectivity index (χ2v) is 5.25. The zero-order valence-corrected chi connectivity index (χ0v) is 10.8. The lowest BCUT2D eigenvalue weighted by Crippen LogP contribution is -2.09. The molecule has 0 aliphatic heterocycles. The topological polar surface area (TPSA) is 39.2 Å². The van der Waals surface area contributed by atoms with Crippen LogP contribution in [0.5, 0.6) is 0 Å². The lowest BCUT2D eigenvalue weighted by atomic mass is 9.95. The number of fused-ring (bicyclic) bond motifs is 1. The molecule has 0 amide bonds. The van der Waals surface area contributed by atoms with Crippen LogP contribution < -0.4 is 0 Å². The van der Waals surface area contributed by atoms with Crippen LogP contribution in [0.15, 0.2) is 12.1 Å². The van der Waals surface area contributed by atoms with Gasteiger partial charge in [-0.1, -0.05) is 6.07 Å². The van der Waals surface area contributed by atoms with Gasteiger partial charge < -0.3 is 4.74 Å². The van der Waals surface area contributed by atoms with Gasteiger partial charge in [-0.15, -0.1) is 0 Å². The van der Waals surface area contributed by atoms with Gasteiger partial charge in [0.2, 0.25) is 0 Å². The fourth-order valence-electron chi connectivity index (χ4n) is 2.84. The summed E-state index contributed by atoms with van der Waals surface area (Å²) in [6, 6.07) is 4.31. The number of carbonyl (C=O) groups excluding carboxylic acids is 1. The maximum absolute atomic E-state index is 11.6. The molecule has 1 aromatic rings. The van der Waals surface area contributed by atoms with E-state index >= 15 is 0 Å². The van der Waals surface area contributed by atoms with Crippen molar-refractivity contribution in [2.45, 2.75) is 44.9 Å². The number of aromatic nitrogens is 1. The van der Waals surface area contributed by atoms with Crippen molar-refractivity contribution in [3.05, 3.63) is 29.1 Å². The number of ether oxygens (including phenoxy) is 1. The van der Waals surface area contributed by atoms with E-state index in [4.69, 9.17) is 9.72 Å². The Morgan fingerprint density at radius 2 is 2.22 bits per heavy atom. The number of carbonyl (C=O) groups is 1. The van der Waals surface area contributed by atoms with Gasteiger partial charge in [0.05, 0.1) is 12.5 Å². The highest BCUT2D eigenvalue weighted by molar-refractivity contribution is 5.77. The molecule has 1 saturated carbocycles. The Bertz CT molecular complexity index is 470. The van der Waals surface area contributed by atoms with Gasteiger partial charge in [-0.3, -0.25) is 9.78 Å². The van der Waals surface area contributed by atoms with Crippen LogP contribution in [-0.2, 0) is 22.4 Å². The van der Waals surface area contributed by atoms with E-state index in [1.54, 1.807) is 0 Å². The fraction of sp³-hybridized carbons (Fsp3) is 0.600. The van der Waals surface area contributed by atoms with E-state index in [1.807, 2.05) is 6.92 Å². The Balaban J connectivity index is 1.73. The van der Waals surface area contributed by atoms with E-state index in [0.717, 1.165) is 25.0 Å². The quantitative estimate of drug-likeness (QED) is 0.768.